The van der Waals surface area contributed by atoms with E-state index in [-0.39, 0.29) is 29.7 Å². The zero-order valence-electron chi connectivity index (χ0n) is 13.5. The van der Waals surface area contributed by atoms with Crippen LogP contribution in [0.15, 0.2) is 29.1 Å². The molecule has 0 aliphatic heterocycles. The predicted octanol–water partition coefficient (Wildman–Crippen LogP) is 1.70. The van der Waals surface area contributed by atoms with Gasteiger partial charge in [-0.1, -0.05) is 32.0 Å². The number of aromatic amines is 1. The van der Waals surface area contributed by atoms with E-state index in [9.17, 15) is 9.59 Å². The van der Waals surface area contributed by atoms with Gasteiger partial charge in [-0.25, -0.2) is 5.10 Å². The minimum absolute atomic E-state index is 0.104. The molecule has 23 heavy (non-hydrogen) atoms. The number of hydrogen-bond donors (Lipinski definition) is 3. The predicted molar refractivity (Wildman–Crippen MR) is 89.3 cm³/mol. The quantitative estimate of drug-likeness (QED) is 0.724. The molecule has 1 atom stereocenters. The first-order chi connectivity index (χ1) is 11.0. The summed E-state index contributed by atoms with van der Waals surface area (Å²) in [5, 5.41) is 19.2. The summed E-state index contributed by atoms with van der Waals surface area (Å²) in [7, 11) is 0. The van der Waals surface area contributed by atoms with Crippen molar-refractivity contribution in [3.63, 3.8) is 0 Å². The van der Waals surface area contributed by atoms with Crippen LogP contribution < -0.4 is 10.9 Å². The molecule has 0 saturated heterocycles. The lowest BCUT2D eigenvalue weighted by Gasteiger charge is -2.18. The molecule has 1 heterocycles. The second kappa shape index (κ2) is 7.87. The third-order valence-corrected chi connectivity index (χ3v) is 3.80. The van der Waals surface area contributed by atoms with Gasteiger partial charge in [-0.15, -0.1) is 0 Å². The Morgan fingerprint density at radius 3 is 2.65 bits per heavy atom. The van der Waals surface area contributed by atoms with Crippen LogP contribution in [0.25, 0.3) is 10.8 Å². The average Bonchev–Trinajstić information content (AvgIpc) is 2.53. The van der Waals surface area contributed by atoms with Gasteiger partial charge in [0.05, 0.1) is 5.39 Å². The topological polar surface area (TPSA) is 95.1 Å². The fourth-order valence-corrected chi connectivity index (χ4v) is 2.76. The van der Waals surface area contributed by atoms with Crippen LogP contribution in [0.5, 0.6) is 0 Å². The summed E-state index contributed by atoms with van der Waals surface area (Å²) in [6, 6.07) is 6.90. The number of nitrogens with one attached hydrogen (secondary N) is 2. The van der Waals surface area contributed by atoms with Crippen molar-refractivity contribution in [2.45, 2.75) is 26.7 Å². The molecule has 0 fully saturated rings. The number of carbonyl (C=O) groups is 1. The van der Waals surface area contributed by atoms with Gasteiger partial charge in [0, 0.05) is 18.5 Å². The molecule has 1 amide bonds. The van der Waals surface area contributed by atoms with Crippen molar-refractivity contribution in [1.82, 2.24) is 15.5 Å². The standard InChI is InChI=1S/C17H23N3O3/c1-11(2)9-12(7-8-21)10-18-17(23)15-13-5-3-4-6-14(13)16(22)20-19-15/h3-6,11-12,21H,7-10H2,1-2H3,(H,18,23)(H,20,22). The number of aliphatic hydroxyl groups excluding tert-OH is 1. The van der Waals surface area contributed by atoms with E-state index in [1.807, 2.05) is 0 Å². The first-order valence-electron chi connectivity index (χ1n) is 7.89. The highest BCUT2D eigenvalue weighted by atomic mass is 16.3. The molecule has 6 nitrogen and oxygen atoms in total. The maximum absolute atomic E-state index is 12.4. The molecule has 2 aromatic rings. The summed E-state index contributed by atoms with van der Waals surface area (Å²) in [6.45, 7) is 4.81. The second-order valence-corrected chi connectivity index (χ2v) is 6.16. The normalized spacial score (nSPS) is 12.5. The van der Waals surface area contributed by atoms with Gasteiger partial charge in [-0.3, -0.25) is 9.59 Å². The lowest BCUT2D eigenvalue weighted by atomic mass is 9.94. The summed E-state index contributed by atoms with van der Waals surface area (Å²) >= 11 is 0. The van der Waals surface area contributed by atoms with E-state index < -0.39 is 0 Å². The molecule has 1 aromatic heterocycles. The lowest BCUT2D eigenvalue weighted by molar-refractivity contribution is 0.0937. The molecular weight excluding hydrogens is 294 g/mol. The molecule has 2 rings (SSSR count). The maximum atomic E-state index is 12.4. The Morgan fingerprint density at radius 2 is 2.00 bits per heavy atom. The largest absolute Gasteiger partial charge is 0.396 e. The van der Waals surface area contributed by atoms with E-state index in [0.717, 1.165) is 6.42 Å². The van der Waals surface area contributed by atoms with Gasteiger partial charge in [0.25, 0.3) is 11.5 Å². The van der Waals surface area contributed by atoms with Crippen LogP contribution in [0.3, 0.4) is 0 Å². The van der Waals surface area contributed by atoms with Crippen LogP contribution in [-0.4, -0.2) is 34.4 Å². The van der Waals surface area contributed by atoms with Crippen molar-refractivity contribution >= 4 is 16.7 Å². The van der Waals surface area contributed by atoms with Crippen LogP contribution >= 0.6 is 0 Å². The van der Waals surface area contributed by atoms with Crippen LogP contribution in [0, 0.1) is 11.8 Å². The number of aromatic nitrogens is 2. The SMILES string of the molecule is CC(C)CC(CCO)CNC(=O)c1n[nH]c(=O)c2ccccc12. The zero-order valence-corrected chi connectivity index (χ0v) is 13.5. The van der Waals surface area contributed by atoms with Crippen LogP contribution in [-0.2, 0) is 0 Å². The van der Waals surface area contributed by atoms with E-state index in [1.165, 1.54) is 0 Å². The van der Waals surface area contributed by atoms with Crippen molar-refractivity contribution in [1.29, 1.82) is 0 Å². The molecule has 124 valence electrons. The van der Waals surface area contributed by atoms with E-state index >= 15 is 0 Å². The maximum Gasteiger partial charge on any atom is 0.272 e. The Labute approximate surface area is 134 Å². The van der Waals surface area contributed by atoms with Gasteiger partial charge in [-0.05, 0) is 30.7 Å². The monoisotopic (exact) mass is 317 g/mol. The number of aliphatic hydroxyl groups is 1. The summed E-state index contributed by atoms with van der Waals surface area (Å²) in [5.74, 6) is 0.401. The lowest BCUT2D eigenvalue weighted by Crippen LogP contribution is -2.32. The Balaban J connectivity index is 2.15. The van der Waals surface area contributed by atoms with Gasteiger partial charge in [0.1, 0.15) is 0 Å². The molecule has 6 heteroatoms. The van der Waals surface area contributed by atoms with Gasteiger partial charge in [0.15, 0.2) is 5.69 Å². The molecule has 0 aliphatic carbocycles. The average molecular weight is 317 g/mol. The number of carbonyl (C=O) groups excluding carboxylic acids is 1. The molecule has 0 saturated carbocycles. The summed E-state index contributed by atoms with van der Waals surface area (Å²) < 4.78 is 0. The van der Waals surface area contributed by atoms with E-state index in [4.69, 9.17) is 5.11 Å². The van der Waals surface area contributed by atoms with Crippen molar-refractivity contribution in [2.75, 3.05) is 13.2 Å². The smallest absolute Gasteiger partial charge is 0.272 e. The molecular formula is C17H23N3O3. The summed E-state index contributed by atoms with van der Waals surface area (Å²) in [4.78, 5) is 24.2. The number of amides is 1. The first-order valence-corrected chi connectivity index (χ1v) is 7.89. The van der Waals surface area contributed by atoms with Gasteiger partial charge in [-0.2, -0.15) is 5.10 Å². The number of hydrogen-bond acceptors (Lipinski definition) is 4. The number of fused-ring (bicyclic) bond motifs is 1. The van der Waals surface area contributed by atoms with Crippen molar-refractivity contribution in [2.24, 2.45) is 11.8 Å². The number of rotatable bonds is 7. The second-order valence-electron chi connectivity index (χ2n) is 6.16. The molecule has 0 aliphatic rings. The highest BCUT2D eigenvalue weighted by molar-refractivity contribution is 6.04. The zero-order chi connectivity index (χ0) is 16.8. The molecule has 0 bridgehead atoms. The number of H-pyrrole nitrogens is 1. The fourth-order valence-electron chi connectivity index (χ4n) is 2.76. The fraction of sp³-hybridized carbons (Fsp3) is 0.471. The summed E-state index contributed by atoms with van der Waals surface area (Å²) in [5.41, 5.74) is -0.0948. The van der Waals surface area contributed by atoms with E-state index in [0.29, 0.717) is 29.7 Å². The Hall–Kier alpha value is -2.21. The molecule has 3 N–H and O–H groups in total. The van der Waals surface area contributed by atoms with Crippen LogP contribution in [0.1, 0.15) is 37.2 Å². The van der Waals surface area contributed by atoms with Crippen molar-refractivity contribution in [3.05, 3.63) is 40.3 Å². The van der Waals surface area contributed by atoms with Crippen LogP contribution in [0.2, 0.25) is 0 Å². The third kappa shape index (κ3) is 4.39. The third-order valence-electron chi connectivity index (χ3n) is 3.80. The minimum Gasteiger partial charge on any atom is -0.396 e. The highest BCUT2D eigenvalue weighted by Crippen LogP contribution is 2.15. The van der Waals surface area contributed by atoms with Crippen molar-refractivity contribution in [3.8, 4) is 0 Å². The Morgan fingerprint density at radius 1 is 1.30 bits per heavy atom. The highest BCUT2D eigenvalue weighted by Gasteiger charge is 2.16. The number of benzene rings is 1. The summed E-state index contributed by atoms with van der Waals surface area (Å²) in [6.07, 6.45) is 1.58. The van der Waals surface area contributed by atoms with Gasteiger partial charge in [0.2, 0.25) is 0 Å². The first kappa shape index (κ1) is 17.1. The Bertz CT molecular complexity index is 724. The number of nitrogens with zero attached hydrogens (tertiary/aromatic N) is 1. The molecule has 0 spiro atoms. The van der Waals surface area contributed by atoms with E-state index in [1.54, 1.807) is 24.3 Å². The van der Waals surface area contributed by atoms with E-state index in [2.05, 4.69) is 29.4 Å². The Kier molecular flexibility index (Phi) is 5.87. The van der Waals surface area contributed by atoms with Crippen LogP contribution in [0.4, 0.5) is 0 Å². The minimum atomic E-state index is -0.316. The van der Waals surface area contributed by atoms with Gasteiger partial charge >= 0.3 is 0 Å². The van der Waals surface area contributed by atoms with Gasteiger partial charge < -0.3 is 10.4 Å². The van der Waals surface area contributed by atoms with Crippen molar-refractivity contribution < 1.29 is 9.90 Å². The molecule has 0 radical (unpaired) electrons. The molecule has 1 aromatic carbocycles. The molecule has 1 unspecified atom stereocenters.